The summed E-state index contributed by atoms with van der Waals surface area (Å²) in [6.07, 6.45) is 5.08. The molecule has 0 bridgehead atoms. The Bertz CT molecular complexity index is 790. The average Bonchev–Trinajstić information content (AvgIpc) is 2.71. The summed E-state index contributed by atoms with van der Waals surface area (Å²) in [5.41, 5.74) is 6.51. The number of hydrogen-bond acceptors (Lipinski definition) is 2. The number of aryl methyl sites for hydroxylation is 2. The first-order chi connectivity index (χ1) is 11.6. The number of rotatable bonds is 4. The molecule has 3 nitrogen and oxygen atoms in total. The van der Waals surface area contributed by atoms with Gasteiger partial charge in [-0.25, -0.2) is 4.79 Å². The Kier molecular flexibility index (Phi) is 4.81. The number of carboxylic acids is 1. The maximum Gasteiger partial charge on any atom is 0.335 e. The van der Waals surface area contributed by atoms with Gasteiger partial charge in [0.1, 0.15) is 0 Å². The van der Waals surface area contributed by atoms with E-state index in [1.54, 1.807) is 6.07 Å². The largest absolute Gasteiger partial charge is 0.478 e. The van der Waals surface area contributed by atoms with Crippen LogP contribution in [0.1, 0.15) is 39.0 Å². The Balaban J connectivity index is 2.09. The Morgan fingerprint density at radius 1 is 1.08 bits per heavy atom. The van der Waals surface area contributed by atoms with Gasteiger partial charge in [-0.15, -0.1) is 0 Å². The van der Waals surface area contributed by atoms with Gasteiger partial charge in [0.25, 0.3) is 0 Å². The second-order valence-electron chi connectivity index (χ2n) is 6.54. The molecule has 0 fully saturated rings. The van der Waals surface area contributed by atoms with E-state index < -0.39 is 5.97 Å². The highest BCUT2D eigenvalue weighted by atomic mass is 16.4. The monoisotopic (exact) mass is 321 g/mol. The number of benzene rings is 2. The molecule has 0 radical (unpaired) electrons. The molecule has 0 heterocycles. The van der Waals surface area contributed by atoms with Crippen molar-refractivity contribution in [1.29, 1.82) is 0 Å². The lowest BCUT2D eigenvalue weighted by atomic mass is 9.92. The van der Waals surface area contributed by atoms with Gasteiger partial charge in [-0.2, -0.15) is 0 Å². The summed E-state index contributed by atoms with van der Waals surface area (Å²) in [5.74, 6) is -0.863. The second kappa shape index (κ2) is 7.02. The summed E-state index contributed by atoms with van der Waals surface area (Å²) in [6, 6.07) is 14.0. The van der Waals surface area contributed by atoms with E-state index >= 15 is 0 Å². The standard InChI is InChI=1S/C21H23NO2/c1-22(2)13-5-8-20-18-7-4-3-6-15(18)9-10-16-14-17(21(23)24)11-12-19(16)20/h3-4,6-8,11-12,14H,5,9-10,13H2,1-2H3,(H,23,24)/b20-8+. The average molecular weight is 321 g/mol. The van der Waals surface area contributed by atoms with Crippen molar-refractivity contribution in [2.45, 2.75) is 19.3 Å². The molecule has 1 N–H and O–H groups in total. The van der Waals surface area contributed by atoms with Crippen molar-refractivity contribution in [3.8, 4) is 0 Å². The van der Waals surface area contributed by atoms with E-state index in [1.807, 2.05) is 12.1 Å². The Labute approximate surface area is 143 Å². The number of nitrogens with zero attached hydrogens (tertiary/aromatic N) is 1. The number of hydrogen-bond donors (Lipinski definition) is 1. The number of fused-ring (bicyclic) bond motifs is 2. The van der Waals surface area contributed by atoms with Crippen LogP contribution in [0.2, 0.25) is 0 Å². The summed E-state index contributed by atoms with van der Waals surface area (Å²) in [7, 11) is 4.15. The van der Waals surface area contributed by atoms with Gasteiger partial charge in [-0.3, -0.25) is 0 Å². The van der Waals surface area contributed by atoms with Crippen LogP contribution < -0.4 is 0 Å². The summed E-state index contributed by atoms with van der Waals surface area (Å²) in [4.78, 5) is 13.5. The van der Waals surface area contributed by atoms with Crippen molar-refractivity contribution in [3.05, 3.63) is 76.4 Å². The minimum Gasteiger partial charge on any atom is -0.478 e. The minimum atomic E-state index is -0.863. The van der Waals surface area contributed by atoms with Crippen LogP contribution in [-0.2, 0) is 12.8 Å². The van der Waals surface area contributed by atoms with Gasteiger partial charge in [-0.05, 0) is 73.3 Å². The first-order valence-corrected chi connectivity index (χ1v) is 8.36. The van der Waals surface area contributed by atoms with Crippen molar-refractivity contribution >= 4 is 11.5 Å². The molecule has 0 amide bonds. The van der Waals surface area contributed by atoms with E-state index in [1.165, 1.54) is 22.3 Å². The molecule has 2 aromatic rings. The molecular weight excluding hydrogens is 298 g/mol. The molecular formula is C21H23NO2. The molecule has 0 aromatic heterocycles. The highest BCUT2D eigenvalue weighted by molar-refractivity contribution is 5.90. The Hall–Kier alpha value is -2.39. The van der Waals surface area contributed by atoms with Crippen LogP contribution >= 0.6 is 0 Å². The van der Waals surface area contributed by atoms with Crippen LogP contribution in [0, 0.1) is 0 Å². The zero-order valence-electron chi connectivity index (χ0n) is 14.2. The van der Waals surface area contributed by atoms with Gasteiger partial charge >= 0.3 is 5.97 Å². The SMILES string of the molecule is CN(C)CC/C=C1\c2ccccc2CCc2cc(C(=O)O)ccc21. The smallest absolute Gasteiger partial charge is 0.335 e. The van der Waals surface area contributed by atoms with Gasteiger partial charge in [0.2, 0.25) is 0 Å². The van der Waals surface area contributed by atoms with Gasteiger partial charge < -0.3 is 10.0 Å². The number of aromatic carboxylic acids is 1. The van der Waals surface area contributed by atoms with Gasteiger partial charge in [0.15, 0.2) is 0 Å². The lowest BCUT2D eigenvalue weighted by Crippen LogP contribution is -2.12. The van der Waals surface area contributed by atoms with Gasteiger partial charge in [-0.1, -0.05) is 36.4 Å². The number of carbonyl (C=O) groups is 1. The summed E-state index contributed by atoms with van der Waals surface area (Å²) in [5, 5.41) is 9.28. The minimum absolute atomic E-state index is 0.368. The summed E-state index contributed by atoms with van der Waals surface area (Å²) >= 11 is 0. The topological polar surface area (TPSA) is 40.5 Å². The fraction of sp³-hybridized carbons (Fsp3) is 0.286. The van der Waals surface area contributed by atoms with Crippen LogP contribution in [0.5, 0.6) is 0 Å². The molecule has 0 aliphatic heterocycles. The zero-order chi connectivity index (χ0) is 17.1. The Morgan fingerprint density at radius 2 is 1.79 bits per heavy atom. The first kappa shape index (κ1) is 16.5. The van der Waals surface area contributed by atoms with E-state index in [-0.39, 0.29) is 0 Å². The van der Waals surface area contributed by atoms with E-state index in [2.05, 4.69) is 49.3 Å². The van der Waals surface area contributed by atoms with Crippen molar-refractivity contribution in [1.82, 2.24) is 4.90 Å². The molecule has 1 aliphatic rings. The fourth-order valence-corrected chi connectivity index (χ4v) is 3.30. The third-order valence-electron chi connectivity index (χ3n) is 4.54. The predicted molar refractivity (Wildman–Crippen MR) is 97.5 cm³/mol. The molecule has 3 rings (SSSR count). The molecule has 24 heavy (non-hydrogen) atoms. The molecule has 0 saturated carbocycles. The van der Waals surface area contributed by atoms with Crippen LogP contribution in [0.15, 0.2) is 48.5 Å². The maximum atomic E-state index is 11.3. The third-order valence-corrected chi connectivity index (χ3v) is 4.54. The molecule has 0 atom stereocenters. The quantitative estimate of drug-likeness (QED) is 0.929. The van der Waals surface area contributed by atoms with E-state index in [0.717, 1.165) is 31.4 Å². The number of carboxylic acid groups (broad SMARTS) is 1. The van der Waals surface area contributed by atoms with E-state index in [9.17, 15) is 9.90 Å². The van der Waals surface area contributed by atoms with E-state index in [0.29, 0.717) is 5.56 Å². The first-order valence-electron chi connectivity index (χ1n) is 8.36. The normalized spacial score (nSPS) is 15.0. The molecule has 2 aromatic carbocycles. The lowest BCUT2D eigenvalue weighted by Gasteiger charge is -2.14. The van der Waals surface area contributed by atoms with Crippen LogP contribution in [0.25, 0.3) is 5.57 Å². The fourth-order valence-electron chi connectivity index (χ4n) is 3.30. The summed E-state index contributed by atoms with van der Waals surface area (Å²) < 4.78 is 0. The summed E-state index contributed by atoms with van der Waals surface area (Å²) in [6.45, 7) is 0.994. The maximum absolute atomic E-state index is 11.3. The van der Waals surface area contributed by atoms with Crippen LogP contribution in [0.3, 0.4) is 0 Å². The molecule has 3 heteroatoms. The van der Waals surface area contributed by atoms with Gasteiger partial charge in [0, 0.05) is 6.54 Å². The van der Waals surface area contributed by atoms with Crippen molar-refractivity contribution < 1.29 is 9.90 Å². The molecule has 0 saturated heterocycles. The second-order valence-corrected chi connectivity index (χ2v) is 6.54. The highest BCUT2D eigenvalue weighted by Crippen LogP contribution is 2.34. The molecule has 0 unspecified atom stereocenters. The molecule has 124 valence electrons. The van der Waals surface area contributed by atoms with Crippen molar-refractivity contribution in [2.24, 2.45) is 0 Å². The van der Waals surface area contributed by atoms with Crippen LogP contribution in [0.4, 0.5) is 0 Å². The third kappa shape index (κ3) is 3.41. The molecule has 0 spiro atoms. The molecule has 1 aliphatic carbocycles. The van der Waals surface area contributed by atoms with E-state index in [4.69, 9.17) is 0 Å². The van der Waals surface area contributed by atoms with Crippen molar-refractivity contribution in [2.75, 3.05) is 20.6 Å². The van der Waals surface area contributed by atoms with Gasteiger partial charge in [0.05, 0.1) is 5.56 Å². The highest BCUT2D eigenvalue weighted by Gasteiger charge is 2.19. The van der Waals surface area contributed by atoms with Crippen LogP contribution in [-0.4, -0.2) is 36.6 Å². The lowest BCUT2D eigenvalue weighted by molar-refractivity contribution is 0.0696. The predicted octanol–water partition coefficient (Wildman–Crippen LogP) is 3.87. The Morgan fingerprint density at radius 3 is 2.54 bits per heavy atom. The van der Waals surface area contributed by atoms with Crippen molar-refractivity contribution in [3.63, 3.8) is 0 Å². The zero-order valence-corrected chi connectivity index (χ0v) is 14.2.